The average Bonchev–Trinajstić information content (AvgIpc) is 2.43. The number of carbonyl (C=O) groups is 4. The quantitative estimate of drug-likeness (QED) is 0.656. The van der Waals surface area contributed by atoms with E-state index in [1.807, 2.05) is 0 Å². The fraction of sp³-hybridized carbons (Fsp3) is 0.750. The summed E-state index contributed by atoms with van der Waals surface area (Å²) in [5.74, 6) is 0. The highest BCUT2D eigenvalue weighted by atomic mass is 16.2. The van der Waals surface area contributed by atoms with Crippen molar-refractivity contribution in [2.75, 3.05) is 19.6 Å². The number of urea groups is 1. The minimum Gasteiger partial charge on any atom is -0.337 e. The van der Waals surface area contributed by atoms with E-state index in [0.29, 0.717) is 0 Å². The Morgan fingerprint density at radius 3 is 1.50 bits per heavy atom. The maximum absolute atomic E-state index is 12.4. The first-order valence-electron chi connectivity index (χ1n) is 7.30. The van der Waals surface area contributed by atoms with Crippen molar-refractivity contribution in [3.05, 3.63) is 0 Å². The molecule has 0 rings (SSSR count). The molecule has 6 heteroatoms. The van der Waals surface area contributed by atoms with E-state index in [1.54, 1.807) is 41.5 Å². The zero-order valence-corrected chi connectivity index (χ0v) is 14.4. The summed E-state index contributed by atoms with van der Waals surface area (Å²) in [5.41, 5.74) is -2.09. The Labute approximate surface area is 132 Å². The van der Waals surface area contributed by atoms with Crippen molar-refractivity contribution < 1.29 is 19.2 Å². The molecule has 0 bridgehead atoms. The lowest BCUT2D eigenvalue weighted by Crippen LogP contribution is -2.50. The molecule has 0 spiro atoms. The van der Waals surface area contributed by atoms with Crippen LogP contribution in [0, 0.1) is 16.2 Å². The number of nitrogens with one attached hydrogen (secondary N) is 1. The largest absolute Gasteiger partial charge is 0.337 e. The highest BCUT2D eigenvalue weighted by Crippen LogP contribution is 2.19. The summed E-state index contributed by atoms with van der Waals surface area (Å²) < 4.78 is 0. The van der Waals surface area contributed by atoms with Crippen LogP contribution < -0.4 is 5.32 Å². The molecule has 0 aromatic heterocycles. The fourth-order valence-electron chi connectivity index (χ4n) is 1.71. The van der Waals surface area contributed by atoms with Gasteiger partial charge in [-0.05, 0) is 0 Å². The Hall–Kier alpha value is -1.72. The van der Waals surface area contributed by atoms with E-state index >= 15 is 0 Å². The summed E-state index contributed by atoms with van der Waals surface area (Å²) in [4.78, 5) is 46.9. The average molecular weight is 312 g/mol. The standard InChI is InChI=1S/C16H28N2O4/c1-14(2,10-19)7-17-13(22)18(8-15(3,4)11-20)9-16(5,6)12-21/h10-12H,7-9H2,1-6H3,(H,17,22). The van der Waals surface area contributed by atoms with Gasteiger partial charge in [0.1, 0.15) is 18.9 Å². The number of rotatable bonds is 9. The molecule has 0 radical (unpaired) electrons. The summed E-state index contributed by atoms with van der Waals surface area (Å²) in [6.45, 7) is 10.9. The van der Waals surface area contributed by atoms with Gasteiger partial charge in [-0.3, -0.25) is 0 Å². The molecule has 126 valence electrons. The van der Waals surface area contributed by atoms with Crippen LogP contribution >= 0.6 is 0 Å². The van der Waals surface area contributed by atoms with Gasteiger partial charge in [0, 0.05) is 35.9 Å². The van der Waals surface area contributed by atoms with Gasteiger partial charge in [-0.25, -0.2) is 4.79 Å². The SMILES string of the molecule is CC(C)(C=O)CNC(=O)N(CC(C)(C)C=O)CC(C)(C)C=O. The van der Waals surface area contributed by atoms with E-state index in [2.05, 4.69) is 5.32 Å². The molecule has 22 heavy (non-hydrogen) atoms. The smallest absolute Gasteiger partial charge is 0.317 e. The zero-order chi connectivity index (χ0) is 17.6. The van der Waals surface area contributed by atoms with Gasteiger partial charge in [-0.15, -0.1) is 0 Å². The molecule has 2 amide bonds. The number of amides is 2. The summed E-state index contributed by atoms with van der Waals surface area (Å²) >= 11 is 0. The highest BCUT2D eigenvalue weighted by Gasteiger charge is 2.30. The van der Waals surface area contributed by atoms with Gasteiger partial charge in [-0.1, -0.05) is 41.5 Å². The molecule has 0 heterocycles. The minimum absolute atomic E-state index is 0.189. The minimum atomic E-state index is -0.712. The predicted molar refractivity (Wildman–Crippen MR) is 84.5 cm³/mol. The van der Waals surface area contributed by atoms with Gasteiger partial charge in [0.25, 0.3) is 0 Å². The molecule has 0 aromatic carbocycles. The molecule has 0 fully saturated rings. The first-order chi connectivity index (χ1) is 9.88. The normalized spacial score (nSPS) is 12.5. The first-order valence-corrected chi connectivity index (χ1v) is 7.30. The Kier molecular flexibility index (Phi) is 6.93. The Morgan fingerprint density at radius 1 is 0.818 bits per heavy atom. The third kappa shape index (κ3) is 7.33. The van der Waals surface area contributed by atoms with E-state index in [0.717, 1.165) is 18.9 Å². The topological polar surface area (TPSA) is 83.6 Å². The molecule has 0 aliphatic heterocycles. The number of carbonyl (C=O) groups excluding carboxylic acids is 4. The summed E-state index contributed by atoms with van der Waals surface area (Å²) in [7, 11) is 0. The summed E-state index contributed by atoms with van der Waals surface area (Å²) in [6.07, 6.45) is 2.36. The van der Waals surface area contributed by atoms with Crippen molar-refractivity contribution in [3.8, 4) is 0 Å². The summed E-state index contributed by atoms with van der Waals surface area (Å²) in [5, 5.41) is 2.69. The number of aldehydes is 3. The van der Waals surface area contributed by atoms with Crippen molar-refractivity contribution >= 4 is 24.9 Å². The van der Waals surface area contributed by atoms with E-state index < -0.39 is 16.2 Å². The van der Waals surface area contributed by atoms with Crippen LogP contribution in [0.15, 0.2) is 0 Å². The maximum atomic E-state index is 12.4. The van der Waals surface area contributed by atoms with Crippen LogP contribution in [0.4, 0.5) is 4.79 Å². The van der Waals surface area contributed by atoms with Gasteiger partial charge in [0.2, 0.25) is 0 Å². The lowest BCUT2D eigenvalue weighted by molar-refractivity contribution is -0.116. The van der Waals surface area contributed by atoms with E-state index in [4.69, 9.17) is 0 Å². The second kappa shape index (κ2) is 7.51. The molecule has 0 saturated carbocycles. The van der Waals surface area contributed by atoms with Gasteiger partial charge in [0.05, 0.1) is 0 Å². The molecule has 0 aliphatic rings. The van der Waals surface area contributed by atoms with Crippen LogP contribution in [-0.4, -0.2) is 49.4 Å². The van der Waals surface area contributed by atoms with Crippen molar-refractivity contribution in [2.45, 2.75) is 41.5 Å². The van der Waals surface area contributed by atoms with Gasteiger partial charge in [0.15, 0.2) is 0 Å². The van der Waals surface area contributed by atoms with Crippen LogP contribution in [0.25, 0.3) is 0 Å². The van der Waals surface area contributed by atoms with Crippen molar-refractivity contribution in [2.24, 2.45) is 16.2 Å². The van der Waals surface area contributed by atoms with Crippen LogP contribution in [0.5, 0.6) is 0 Å². The Morgan fingerprint density at radius 2 is 1.18 bits per heavy atom. The number of hydrogen-bond acceptors (Lipinski definition) is 4. The number of hydrogen-bond donors (Lipinski definition) is 1. The van der Waals surface area contributed by atoms with Gasteiger partial charge >= 0.3 is 6.03 Å². The molecular weight excluding hydrogens is 284 g/mol. The monoisotopic (exact) mass is 312 g/mol. The summed E-state index contributed by atoms with van der Waals surface area (Å²) in [6, 6.07) is -0.389. The fourth-order valence-corrected chi connectivity index (χ4v) is 1.71. The van der Waals surface area contributed by atoms with Crippen LogP contribution in [0.1, 0.15) is 41.5 Å². The van der Waals surface area contributed by atoms with Crippen molar-refractivity contribution in [1.29, 1.82) is 0 Å². The third-order valence-corrected chi connectivity index (χ3v) is 3.14. The zero-order valence-electron chi connectivity index (χ0n) is 14.4. The van der Waals surface area contributed by atoms with Gasteiger partial charge < -0.3 is 24.6 Å². The Bertz CT molecular complexity index is 406. The van der Waals surface area contributed by atoms with E-state index in [9.17, 15) is 19.2 Å². The molecule has 0 saturated heterocycles. The van der Waals surface area contributed by atoms with E-state index in [1.165, 1.54) is 4.90 Å². The molecular formula is C16H28N2O4. The lowest BCUT2D eigenvalue weighted by atomic mass is 9.91. The molecule has 6 nitrogen and oxygen atoms in total. The molecule has 0 aromatic rings. The molecule has 0 aliphatic carbocycles. The molecule has 1 N–H and O–H groups in total. The second-order valence-electron chi connectivity index (χ2n) is 7.83. The van der Waals surface area contributed by atoms with Gasteiger partial charge in [-0.2, -0.15) is 0 Å². The molecule has 0 unspecified atom stereocenters. The number of nitrogens with zero attached hydrogens (tertiary/aromatic N) is 1. The highest BCUT2D eigenvalue weighted by molar-refractivity contribution is 5.76. The maximum Gasteiger partial charge on any atom is 0.317 e. The third-order valence-electron chi connectivity index (χ3n) is 3.14. The van der Waals surface area contributed by atoms with E-state index in [-0.39, 0.29) is 25.7 Å². The Balaban J connectivity index is 5.05. The predicted octanol–water partition coefficient (Wildman–Crippen LogP) is 1.67. The van der Waals surface area contributed by atoms with Crippen molar-refractivity contribution in [3.63, 3.8) is 0 Å². The van der Waals surface area contributed by atoms with Crippen LogP contribution in [0.2, 0.25) is 0 Å². The molecule has 0 atom stereocenters. The van der Waals surface area contributed by atoms with Crippen LogP contribution in [0.3, 0.4) is 0 Å². The van der Waals surface area contributed by atoms with Crippen LogP contribution in [-0.2, 0) is 14.4 Å². The first kappa shape index (κ1) is 20.3. The second-order valence-corrected chi connectivity index (χ2v) is 7.83. The van der Waals surface area contributed by atoms with Crippen molar-refractivity contribution in [1.82, 2.24) is 10.2 Å². The lowest BCUT2D eigenvalue weighted by Gasteiger charge is -2.34.